The fraction of sp³-hybridized carbons (Fsp3) is 0.333. The van der Waals surface area contributed by atoms with Crippen molar-refractivity contribution in [3.05, 3.63) is 41.4 Å². The molecular formula is C15H17FN4O3. The van der Waals surface area contributed by atoms with E-state index in [1.807, 2.05) is 10.4 Å². The number of morpholine rings is 1. The van der Waals surface area contributed by atoms with E-state index in [0.717, 1.165) is 13.1 Å². The van der Waals surface area contributed by atoms with Crippen LogP contribution >= 0.6 is 0 Å². The molecule has 0 saturated carbocycles. The van der Waals surface area contributed by atoms with Crippen LogP contribution < -0.4 is 10.4 Å². The molecule has 0 radical (unpaired) electrons. The van der Waals surface area contributed by atoms with Crippen molar-refractivity contribution in [2.75, 3.05) is 31.2 Å². The highest BCUT2D eigenvalue weighted by Gasteiger charge is 2.18. The summed E-state index contributed by atoms with van der Waals surface area (Å²) in [5, 5.41) is 13.3. The molecule has 2 heterocycles. The average molecular weight is 320 g/mol. The largest absolute Gasteiger partial charge is 0.378 e. The van der Waals surface area contributed by atoms with Gasteiger partial charge in [0.15, 0.2) is 11.7 Å². The van der Waals surface area contributed by atoms with Crippen LogP contribution in [-0.4, -0.2) is 42.5 Å². The number of nitrogens with zero attached hydrogens (tertiary/aromatic N) is 3. The molecule has 1 aromatic carbocycles. The summed E-state index contributed by atoms with van der Waals surface area (Å²) >= 11 is 0. The van der Waals surface area contributed by atoms with E-state index in [4.69, 9.17) is 9.26 Å². The number of nitrogens with one attached hydrogen (secondary N) is 1. The maximum Gasteiger partial charge on any atom is 0.206 e. The molecule has 7 nitrogen and oxygen atoms in total. The Morgan fingerprint density at radius 2 is 2.13 bits per heavy atom. The second-order valence-corrected chi connectivity index (χ2v) is 5.15. The van der Waals surface area contributed by atoms with Crippen molar-refractivity contribution >= 4 is 17.3 Å². The molecule has 3 rings (SSSR count). The highest BCUT2D eigenvalue weighted by atomic mass is 19.1. The number of hydroxylamine groups is 1. The summed E-state index contributed by atoms with van der Waals surface area (Å²) in [7, 11) is 0. The quantitative estimate of drug-likeness (QED) is 0.511. The van der Waals surface area contributed by atoms with E-state index in [0.29, 0.717) is 30.3 Å². The Hall–Kier alpha value is -2.45. The fourth-order valence-corrected chi connectivity index (χ4v) is 2.28. The maximum atomic E-state index is 13.3. The monoisotopic (exact) mass is 320 g/mol. The van der Waals surface area contributed by atoms with Gasteiger partial charge in [-0.25, -0.2) is 14.9 Å². The zero-order valence-corrected chi connectivity index (χ0v) is 12.6. The highest BCUT2D eigenvalue weighted by Crippen LogP contribution is 2.20. The molecule has 8 heteroatoms. The smallest absolute Gasteiger partial charge is 0.206 e. The van der Waals surface area contributed by atoms with Gasteiger partial charge in [-0.2, -0.15) is 0 Å². The van der Waals surface area contributed by atoms with Crippen molar-refractivity contribution in [3.63, 3.8) is 0 Å². The third kappa shape index (κ3) is 3.49. The molecule has 1 aliphatic heterocycles. The molecule has 1 aliphatic rings. The summed E-state index contributed by atoms with van der Waals surface area (Å²) in [5.41, 5.74) is 2.95. The molecule has 0 unspecified atom stereocenters. The molecule has 2 N–H and O–H groups in total. The number of aliphatic imine (C=N–C) groups is 1. The Labute approximate surface area is 132 Å². The number of hydrogen-bond acceptors (Lipinski definition) is 6. The summed E-state index contributed by atoms with van der Waals surface area (Å²) in [6, 6.07) is 6.09. The van der Waals surface area contributed by atoms with Crippen LogP contribution in [0.1, 0.15) is 11.3 Å². The van der Waals surface area contributed by atoms with Crippen molar-refractivity contribution in [1.29, 1.82) is 0 Å². The van der Waals surface area contributed by atoms with Crippen LogP contribution in [0.25, 0.3) is 0 Å². The third-order valence-corrected chi connectivity index (χ3v) is 3.55. The minimum atomic E-state index is -0.309. The van der Waals surface area contributed by atoms with Crippen LogP contribution in [0.5, 0.6) is 0 Å². The van der Waals surface area contributed by atoms with Gasteiger partial charge in [0.2, 0.25) is 5.76 Å². The summed E-state index contributed by atoms with van der Waals surface area (Å²) in [5.74, 6) is 0.734. The Balaban J connectivity index is 1.84. The zero-order chi connectivity index (χ0) is 16.2. The van der Waals surface area contributed by atoms with E-state index in [1.54, 1.807) is 19.1 Å². The Bertz CT molecular complexity index is 710. The first-order chi connectivity index (χ1) is 11.2. The first-order valence-electron chi connectivity index (χ1n) is 7.22. The lowest BCUT2D eigenvalue weighted by Gasteiger charge is -2.25. The van der Waals surface area contributed by atoms with Crippen molar-refractivity contribution in [2.24, 2.45) is 4.99 Å². The number of rotatable bonds is 3. The lowest BCUT2D eigenvalue weighted by atomic mass is 10.2. The molecule has 0 bridgehead atoms. The molecule has 0 aliphatic carbocycles. The second kappa shape index (κ2) is 6.76. The van der Waals surface area contributed by atoms with Crippen molar-refractivity contribution in [2.45, 2.75) is 6.92 Å². The van der Waals surface area contributed by atoms with Crippen LogP contribution in [0.15, 0.2) is 33.8 Å². The Kier molecular flexibility index (Phi) is 4.54. The predicted molar refractivity (Wildman–Crippen MR) is 81.8 cm³/mol. The minimum absolute atomic E-state index is 0.100. The first kappa shape index (κ1) is 15.4. The van der Waals surface area contributed by atoms with Gasteiger partial charge in [0, 0.05) is 19.2 Å². The average Bonchev–Trinajstić information content (AvgIpc) is 3.06. The van der Waals surface area contributed by atoms with Crippen LogP contribution in [0.2, 0.25) is 0 Å². The molecular weight excluding hydrogens is 303 g/mol. The highest BCUT2D eigenvalue weighted by molar-refractivity contribution is 5.97. The van der Waals surface area contributed by atoms with E-state index in [9.17, 15) is 9.60 Å². The SMILES string of the molecule is Cc1cc(N=C(NO)c2cc(N3CCOCC3)no2)ccc1F. The number of anilines is 1. The van der Waals surface area contributed by atoms with Gasteiger partial charge < -0.3 is 14.2 Å². The number of aryl methyl sites for hydroxylation is 1. The van der Waals surface area contributed by atoms with E-state index >= 15 is 0 Å². The van der Waals surface area contributed by atoms with Gasteiger partial charge >= 0.3 is 0 Å². The number of amidine groups is 1. The van der Waals surface area contributed by atoms with E-state index in [2.05, 4.69) is 10.1 Å². The number of ether oxygens (including phenoxy) is 1. The maximum absolute atomic E-state index is 13.3. The molecule has 0 spiro atoms. The van der Waals surface area contributed by atoms with Crippen LogP contribution in [0.4, 0.5) is 15.9 Å². The van der Waals surface area contributed by atoms with Crippen LogP contribution in [0, 0.1) is 12.7 Å². The van der Waals surface area contributed by atoms with Crippen molar-refractivity contribution in [1.82, 2.24) is 10.6 Å². The number of hydrogen-bond donors (Lipinski definition) is 2. The Morgan fingerprint density at radius 3 is 2.83 bits per heavy atom. The first-order valence-corrected chi connectivity index (χ1v) is 7.22. The van der Waals surface area contributed by atoms with Gasteiger partial charge in [-0.3, -0.25) is 5.21 Å². The summed E-state index contributed by atoms with van der Waals surface area (Å²) in [6.07, 6.45) is 0. The van der Waals surface area contributed by atoms with Gasteiger partial charge in [0.1, 0.15) is 5.82 Å². The van der Waals surface area contributed by atoms with Crippen molar-refractivity contribution < 1.29 is 18.9 Å². The summed E-state index contributed by atoms with van der Waals surface area (Å²) in [4.78, 5) is 6.24. The van der Waals surface area contributed by atoms with Gasteiger partial charge in [0.05, 0.1) is 18.9 Å². The molecule has 0 atom stereocenters. The lowest BCUT2D eigenvalue weighted by Crippen LogP contribution is -2.36. The molecule has 2 aromatic rings. The standard InChI is InChI=1S/C15H17FN4O3/c1-10-8-11(2-3-12(10)16)17-15(18-21)13-9-14(19-23-13)20-4-6-22-7-5-20/h2-3,8-9,21H,4-7H2,1H3,(H,17,18). The molecule has 1 aromatic heterocycles. The van der Waals surface area contributed by atoms with Crippen molar-refractivity contribution in [3.8, 4) is 0 Å². The fourth-order valence-electron chi connectivity index (χ4n) is 2.28. The zero-order valence-electron chi connectivity index (χ0n) is 12.6. The normalized spacial score (nSPS) is 15.8. The summed E-state index contributed by atoms with van der Waals surface area (Å²) in [6.45, 7) is 4.36. The van der Waals surface area contributed by atoms with Gasteiger partial charge in [-0.05, 0) is 30.7 Å². The second-order valence-electron chi connectivity index (χ2n) is 5.15. The van der Waals surface area contributed by atoms with E-state index < -0.39 is 0 Å². The molecule has 0 amide bonds. The lowest BCUT2D eigenvalue weighted by molar-refractivity contribution is 0.122. The number of halogens is 1. The van der Waals surface area contributed by atoms with E-state index in [1.165, 1.54) is 12.1 Å². The molecule has 23 heavy (non-hydrogen) atoms. The number of benzene rings is 1. The predicted octanol–water partition coefficient (Wildman–Crippen LogP) is 2.02. The molecule has 1 saturated heterocycles. The summed E-state index contributed by atoms with van der Waals surface area (Å²) < 4.78 is 23.8. The van der Waals surface area contributed by atoms with E-state index in [-0.39, 0.29) is 17.4 Å². The van der Waals surface area contributed by atoms with Gasteiger partial charge in [-0.15, -0.1) is 0 Å². The number of aromatic nitrogens is 1. The van der Waals surface area contributed by atoms with Gasteiger partial charge in [0.25, 0.3) is 0 Å². The Morgan fingerprint density at radius 1 is 1.35 bits per heavy atom. The van der Waals surface area contributed by atoms with Gasteiger partial charge in [-0.1, -0.05) is 5.16 Å². The molecule has 122 valence electrons. The topological polar surface area (TPSA) is 83.1 Å². The third-order valence-electron chi connectivity index (χ3n) is 3.55. The van der Waals surface area contributed by atoms with Crippen LogP contribution in [-0.2, 0) is 4.74 Å². The minimum Gasteiger partial charge on any atom is -0.378 e. The van der Waals surface area contributed by atoms with Crippen LogP contribution in [0.3, 0.4) is 0 Å². The molecule has 1 fully saturated rings.